The van der Waals surface area contributed by atoms with Gasteiger partial charge in [-0.05, 0) is 30.6 Å². The van der Waals surface area contributed by atoms with Gasteiger partial charge in [0.25, 0.3) is 0 Å². The van der Waals surface area contributed by atoms with Crippen molar-refractivity contribution in [2.24, 2.45) is 23.5 Å². The first-order chi connectivity index (χ1) is 7.54. The molecule has 1 fully saturated rings. The van der Waals surface area contributed by atoms with Gasteiger partial charge in [0.2, 0.25) is 5.91 Å². The SMILES string of the molecule is CC1CCC(C(C)C)C(NC(=O)CCN)C1. The van der Waals surface area contributed by atoms with Crippen LogP contribution >= 0.6 is 0 Å². The Hall–Kier alpha value is -0.570. The van der Waals surface area contributed by atoms with Crippen LogP contribution in [0.5, 0.6) is 0 Å². The molecule has 1 aliphatic rings. The maximum Gasteiger partial charge on any atom is 0.221 e. The van der Waals surface area contributed by atoms with E-state index in [-0.39, 0.29) is 5.91 Å². The minimum atomic E-state index is 0.118. The standard InChI is InChI=1S/C13H26N2O/c1-9(2)11-5-4-10(3)8-12(11)15-13(16)6-7-14/h9-12H,4-8,14H2,1-3H3,(H,15,16). The quantitative estimate of drug-likeness (QED) is 0.769. The van der Waals surface area contributed by atoms with E-state index in [2.05, 4.69) is 26.1 Å². The zero-order valence-corrected chi connectivity index (χ0v) is 10.8. The van der Waals surface area contributed by atoms with Crippen molar-refractivity contribution >= 4 is 5.91 Å². The van der Waals surface area contributed by atoms with E-state index in [0.717, 1.165) is 12.3 Å². The molecule has 16 heavy (non-hydrogen) atoms. The van der Waals surface area contributed by atoms with Crippen LogP contribution in [-0.2, 0) is 4.79 Å². The summed E-state index contributed by atoms with van der Waals surface area (Å²) in [6.45, 7) is 7.23. The van der Waals surface area contributed by atoms with Crippen LogP contribution in [0.2, 0.25) is 0 Å². The van der Waals surface area contributed by atoms with Gasteiger partial charge < -0.3 is 11.1 Å². The predicted molar refractivity (Wildman–Crippen MR) is 66.9 cm³/mol. The number of hydrogen-bond donors (Lipinski definition) is 2. The number of nitrogens with one attached hydrogen (secondary N) is 1. The Bertz CT molecular complexity index is 228. The van der Waals surface area contributed by atoms with Gasteiger partial charge in [0.05, 0.1) is 0 Å². The van der Waals surface area contributed by atoms with Crippen molar-refractivity contribution in [1.82, 2.24) is 5.32 Å². The first-order valence-electron chi connectivity index (χ1n) is 6.54. The molecule has 0 saturated heterocycles. The molecule has 1 aliphatic carbocycles. The summed E-state index contributed by atoms with van der Waals surface area (Å²) in [4.78, 5) is 11.6. The average molecular weight is 226 g/mol. The molecule has 1 rings (SSSR count). The van der Waals surface area contributed by atoms with Gasteiger partial charge in [-0.2, -0.15) is 0 Å². The molecule has 0 aliphatic heterocycles. The molecule has 3 unspecified atom stereocenters. The molecular weight excluding hydrogens is 200 g/mol. The first kappa shape index (κ1) is 13.5. The van der Waals surface area contributed by atoms with Crippen molar-refractivity contribution in [2.45, 2.75) is 52.5 Å². The Morgan fingerprint density at radius 1 is 1.44 bits per heavy atom. The third-order valence-electron chi connectivity index (χ3n) is 3.74. The summed E-state index contributed by atoms with van der Waals surface area (Å²) >= 11 is 0. The van der Waals surface area contributed by atoms with Crippen molar-refractivity contribution in [3.63, 3.8) is 0 Å². The second kappa shape index (κ2) is 6.24. The summed E-state index contributed by atoms with van der Waals surface area (Å²) in [5.74, 6) is 2.14. The smallest absolute Gasteiger partial charge is 0.221 e. The van der Waals surface area contributed by atoms with E-state index in [1.165, 1.54) is 12.8 Å². The molecule has 0 spiro atoms. The highest BCUT2D eigenvalue weighted by molar-refractivity contribution is 5.76. The highest BCUT2D eigenvalue weighted by Gasteiger charge is 2.31. The Kier molecular flexibility index (Phi) is 5.26. The van der Waals surface area contributed by atoms with Gasteiger partial charge in [-0.15, -0.1) is 0 Å². The molecule has 0 bridgehead atoms. The average Bonchev–Trinajstić information content (AvgIpc) is 2.17. The van der Waals surface area contributed by atoms with Crippen LogP contribution in [0.15, 0.2) is 0 Å². The van der Waals surface area contributed by atoms with Crippen molar-refractivity contribution in [1.29, 1.82) is 0 Å². The molecule has 3 atom stereocenters. The predicted octanol–water partition coefficient (Wildman–Crippen LogP) is 1.91. The summed E-state index contributed by atoms with van der Waals surface area (Å²) in [5, 5.41) is 3.16. The van der Waals surface area contributed by atoms with Gasteiger partial charge in [0, 0.05) is 19.0 Å². The summed E-state index contributed by atoms with van der Waals surface area (Å²) in [6.07, 6.45) is 4.12. The molecule has 3 N–H and O–H groups in total. The van der Waals surface area contributed by atoms with Gasteiger partial charge in [0.1, 0.15) is 0 Å². The molecule has 0 radical (unpaired) electrons. The second-order valence-electron chi connectivity index (χ2n) is 5.54. The Balaban J connectivity index is 2.54. The van der Waals surface area contributed by atoms with Crippen molar-refractivity contribution in [3.8, 4) is 0 Å². The highest BCUT2D eigenvalue weighted by atomic mass is 16.1. The Morgan fingerprint density at radius 2 is 2.12 bits per heavy atom. The third-order valence-corrected chi connectivity index (χ3v) is 3.74. The lowest BCUT2D eigenvalue weighted by Gasteiger charge is -2.37. The maximum atomic E-state index is 11.6. The Morgan fingerprint density at radius 3 is 2.69 bits per heavy atom. The van der Waals surface area contributed by atoms with Gasteiger partial charge in [-0.25, -0.2) is 0 Å². The molecule has 0 aromatic carbocycles. The molecule has 0 aromatic rings. The Labute approximate surface area is 99.2 Å². The van der Waals surface area contributed by atoms with Crippen LogP contribution in [0.25, 0.3) is 0 Å². The molecule has 3 nitrogen and oxygen atoms in total. The van der Waals surface area contributed by atoms with Crippen LogP contribution in [-0.4, -0.2) is 18.5 Å². The van der Waals surface area contributed by atoms with E-state index in [0.29, 0.717) is 30.8 Å². The number of amides is 1. The number of carbonyl (C=O) groups is 1. The van der Waals surface area contributed by atoms with Crippen molar-refractivity contribution < 1.29 is 4.79 Å². The van der Waals surface area contributed by atoms with E-state index >= 15 is 0 Å². The fraction of sp³-hybridized carbons (Fsp3) is 0.923. The largest absolute Gasteiger partial charge is 0.353 e. The fourth-order valence-electron chi connectivity index (χ4n) is 2.78. The lowest BCUT2D eigenvalue weighted by molar-refractivity contribution is -0.122. The number of nitrogens with two attached hydrogens (primary N) is 1. The summed E-state index contributed by atoms with van der Waals surface area (Å²) in [5.41, 5.74) is 5.40. The maximum absolute atomic E-state index is 11.6. The number of carbonyl (C=O) groups excluding carboxylic acids is 1. The van der Waals surface area contributed by atoms with Crippen LogP contribution in [0.3, 0.4) is 0 Å². The van der Waals surface area contributed by atoms with Crippen LogP contribution in [0, 0.1) is 17.8 Å². The van der Waals surface area contributed by atoms with Crippen LogP contribution in [0.1, 0.15) is 46.5 Å². The normalized spacial score (nSPS) is 30.4. The minimum absolute atomic E-state index is 0.118. The summed E-state index contributed by atoms with van der Waals surface area (Å²) in [7, 11) is 0. The molecule has 0 aromatic heterocycles. The molecule has 1 saturated carbocycles. The zero-order valence-electron chi connectivity index (χ0n) is 10.8. The number of hydrogen-bond acceptors (Lipinski definition) is 2. The van der Waals surface area contributed by atoms with Crippen LogP contribution in [0.4, 0.5) is 0 Å². The number of rotatable bonds is 4. The third kappa shape index (κ3) is 3.78. The van der Waals surface area contributed by atoms with Gasteiger partial charge in [0.15, 0.2) is 0 Å². The first-order valence-corrected chi connectivity index (χ1v) is 6.54. The van der Waals surface area contributed by atoms with Crippen LogP contribution < -0.4 is 11.1 Å². The second-order valence-corrected chi connectivity index (χ2v) is 5.54. The van der Waals surface area contributed by atoms with Gasteiger partial charge in [-0.3, -0.25) is 4.79 Å². The van der Waals surface area contributed by atoms with E-state index < -0.39 is 0 Å². The molecule has 3 heteroatoms. The molecule has 94 valence electrons. The summed E-state index contributed by atoms with van der Waals surface area (Å²) in [6, 6.07) is 0.364. The zero-order chi connectivity index (χ0) is 12.1. The minimum Gasteiger partial charge on any atom is -0.353 e. The monoisotopic (exact) mass is 226 g/mol. The lowest BCUT2D eigenvalue weighted by atomic mass is 9.74. The van der Waals surface area contributed by atoms with Gasteiger partial charge >= 0.3 is 0 Å². The van der Waals surface area contributed by atoms with E-state index in [4.69, 9.17) is 5.73 Å². The van der Waals surface area contributed by atoms with Crippen molar-refractivity contribution in [2.75, 3.05) is 6.54 Å². The summed E-state index contributed by atoms with van der Waals surface area (Å²) < 4.78 is 0. The lowest BCUT2D eigenvalue weighted by Crippen LogP contribution is -2.45. The van der Waals surface area contributed by atoms with E-state index in [9.17, 15) is 4.79 Å². The molecular formula is C13H26N2O. The van der Waals surface area contributed by atoms with Gasteiger partial charge in [-0.1, -0.05) is 27.2 Å². The molecule has 1 amide bonds. The van der Waals surface area contributed by atoms with Crippen molar-refractivity contribution in [3.05, 3.63) is 0 Å². The van der Waals surface area contributed by atoms with E-state index in [1.807, 2.05) is 0 Å². The fourth-order valence-corrected chi connectivity index (χ4v) is 2.78. The molecule has 0 heterocycles. The topological polar surface area (TPSA) is 55.1 Å². The van der Waals surface area contributed by atoms with E-state index in [1.54, 1.807) is 0 Å². The highest BCUT2D eigenvalue weighted by Crippen LogP contribution is 2.33.